The predicted molar refractivity (Wildman–Crippen MR) is 79.4 cm³/mol. The third kappa shape index (κ3) is 4.90. The first-order valence-electron chi connectivity index (χ1n) is 6.12. The molecule has 0 saturated carbocycles. The molecule has 1 aromatic rings. The highest BCUT2D eigenvalue weighted by atomic mass is 79.9. The van der Waals surface area contributed by atoms with Crippen molar-refractivity contribution in [2.75, 3.05) is 20.3 Å². The Morgan fingerprint density at radius 3 is 2.85 bits per heavy atom. The van der Waals surface area contributed by atoms with Crippen LogP contribution in [-0.4, -0.2) is 35.9 Å². The van der Waals surface area contributed by atoms with E-state index in [0.717, 1.165) is 0 Å². The SMILES string of the molecule is COCC(Br)CCNC(=O)c1cc([N+](=O)[O-])ccc1C. The maximum atomic E-state index is 12.0. The number of rotatable bonds is 7. The summed E-state index contributed by atoms with van der Waals surface area (Å²) in [4.78, 5) is 22.4. The second kappa shape index (κ2) is 7.96. The van der Waals surface area contributed by atoms with E-state index in [9.17, 15) is 14.9 Å². The molecule has 1 aromatic carbocycles. The minimum atomic E-state index is -0.511. The van der Waals surface area contributed by atoms with Crippen molar-refractivity contribution in [1.29, 1.82) is 0 Å². The lowest BCUT2D eigenvalue weighted by Gasteiger charge is -2.10. The molecule has 0 bridgehead atoms. The van der Waals surface area contributed by atoms with Gasteiger partial charge in [-0.25, -0.2) is 0 Å². The molecule has 6 nitrogen and oxygen atoms in total. The van der Waals surface area contributed by atoms with Crippen LogP contribution >= 0.6 is 15.9 Å². The van der Waals surface area contributed by atoms with E-state index in [0.29, 0.717) is 30.7 Å². The molecule has 1 amide bonds. The molecule has 0 aromatic heterocycles. The van der Waals surface area contributed by atoms with E-state index in [4.69, 9.17) is 4.74 Å². The number of aryl methyl sites for hydroxylation is 1. The molecule has 1 atom stereocenters. The summed E-state index contributed by atoms with van der Waals surface area (Å²) >= 11 is 3.42. The lowest BCUT2D eigenvalue weighted by Crippen LogP contribution is -2.27. The molecule has 0 aliphatic carbocycles. The van der Waals surface area contributed by atoms with E-state index in [1.807, 2.05) is 0 Å². The maximum absolute atomic E-state index is 12.0. The van der Waals surface area contributed by atoms with Gasteiger partial charge in [0, 0.05) is 36.2 Å². The van der Waals surface area contributed by atoms with Gasteiger partial charge in [-0.2, -0.15) is 0 Å². The molecule has 0 saturated heterocycles. The van der Waals surface area contributed by atoms with Gasteiger partial charge < -0.3 is 10.1 Å². The second-order valence-electron chi connectivity index (χ2n) is 4.35. The first-order chi connectivity index (χ1) is 9.45. The smallest absolute Gasteiger partial charge is 0.270 e. The molecule has 0 heterocycles. The molecular weight excluding hydrogens is 328 g/mol. The van der Waals surface area contributed by atoms with Crippen LogP contribution in [0.1, 0.15) is 22.3 Å². The number of ether oxygens (including phenoxy) is 1. The summed E-state index contributed by atoms with van der Waals surface area (Å²) in [5.74, 6) is -0.302. The van der Waals surface area contributed by atoms with E-state index < -0.39 is 4.92 Å². The number of halogens is 1. The molecular formula is C13H17BrN2O4. The number of nitrogens with zero attached hydrogens (tertiary/aromatic N) is 1. The fraction of sp³-hybridized carbons (Fsp3) is 0.462. The number of nitrogens with one attached hydrogen (secondary N) is 1. The van der Waals surface area contributed by atoms with Crippen LogP contribution in [0.5, 0.6) is 0 Å². The number of alkyl halides is 1. The van der Waals surface area contributed by atoms with Gasteiger partial charge in [0.1, 0.15) is 0 Å². The van der Waals surface area contributed by atoms with Gasteiger partial charge in [-0.3, -0.25) is 14.9 Å². The van der Waals surface area contributed by atoms with Crippen molar-refractivity contribution in [3.63, 3.8) is 0 Å². The van der Waals surface area contributed by atoms with Crippen molar-refractivity contribution >= 4 is 27.5 Å². The summed E-state index contributed by atoms with van der Waals surface area (Å²) in [6, 6.07) is 4.26. The molecule has 0 aliphatic heterocycles. The lowest BCUT2D eigenvalue weighted by molar-refractivity contribution is -0.384. The van der Waals surface area contributed by atoms with Crippen LogP contribution in [0.3, 0.4) is 0 Å². The van der Waals surface area contributed by atoms with Gasteiger partial charge in [0.25, 0.3) is 11.6 Å². The van der Waals surface area contributed by atoms with Gasteiger partial charge in [-0.15, -0.1) is 0 Å². The topological polar surface area (TPSA) is 81.5 Å². The molecule has 20 heavy (non-hydrogen) atoms. The molecule has 0 spiro atoms. The Labute approximate surface area is 125 Å². The Hall–Kier alpha value is -1.47. The minimum Gasteiger partial charge on any atom is -0.384 e. The zero-order valence-electron chi connectivity index (χ0n) is 11.4. The predicted octanol–water partition coefficient (Wildman–Crippen LogP) is 2.43. The normalized spacial score (nSPS) is 11.9. The Balaban J connectivity index is 2.63. The standard InChI is InChI=1S/C13H17BrN2O4/c1-9-3-4-11(16(18)19)7-12(9)13(17)15-6-5-10(14)8-20-2/h3-4,7,10H,5-6,8H2,1-2H3,(H,15,17). The number of carbonyl (C=O) groups excluding carboxylic acids is 1. The Bertz CT molecular complexity index is 493. The zero-order chi connectivity index (χ0) is 15.1. The fourth-order valence-corrected chi connectivity index (χ4v) is 2.16. The van der Waals surface area contributed by atoms with E-state index in [1.165, 1.54) is 12.1 Å². The summed E-state index contributed by atoms with van der Waals surface area (Å²) < 4.78 is 4.97. The number of hydrogen-bond donors (Lipinski definition) is 1. The highest BCUT2D eigenvalue weighted by Gasteiger charge is 2.14. The van der Waals surface area contributed by atoms with Crippen LogP contribution < -0.4 is 5.32 Å². The van der Waals surface area contributed by atoms with E-state index >= 15 is 0 Å². The highest BCUT2D eigenvalue weighted by Crippen LogP contribution is 2.17. The van der Waals surface area contributed by atoms with Gasteiger partial charge in [-0.05, 0) is 18.9 Å². The van der Waals surface area contributed by atoms with E-state index in [1.54, 1.807) is 20.1 Å². The van der Waals surface area contributed by atoms with Crippen LogP contribution in [0.2, 0.25) is 0 Å². The molecule has 7 heteroatoms. The van der Waals surface area contributed by atoms with Gasteiger partial charge in [0.2, 0.25) is 0 Å². The number of methoxy groups -OCH3 is 1. The summed E-state index contributed by atoms with van der Waals surface area (Å²) in [6.07, 6.45) is 0.716. The van der Waals surface area contributed by atoms with Crippen molar-refractivity contribution in [2.24, 2.45) is 0 Å². The van der Waals surface area contributed by atoms with Crippen molar-refractivity contribution in [1.82, 2.24) is 5.32 Å². The summed E-state index contributed by atoms with van der Waals surface area (Å²) in [7, 11) is 1.61. The third-order valence-electron chi connectivity index (χ3n) is 2.77. The Morgan fingerprint density at radius 1 is 1.55 bits per heavy atom. The van der Waals surface area contributed by atoms with Crippen molar-refractivity contribution in [3.8, 4) is 0 Å². The zero-order valence-corrected chi connectivity index (χ0v) is 13.0. The molecule has 1 N–H and O–H groups in total. The quantitative estimate of drug-likeness (QED) is 0.468. The summed E-state index contributed by atoms with van der Waals surface area (Å²) in [5.41, 5.74) is 0.955. The van der Waals surface area contributed by atoms with E-state index in [-0.39, 0.29) is 16.4 Å². The molecule has 1 rings (SSSR count). The van der Waals surface area contributed by atoms with Crippen LogP contribution in [0.25, 0.3) is 0 Å². The second-order valence-corrected chi connectivity index (χ2v) is 5.65. The van der Waals surface area contributed by atoms with Crippen LogP contribution in [0, 0.1) is 17.0 Å². The average Bonchev–Trinajstić information content (AvgIpc) is 2.39. The lowest BCUT2D eigenvalue weighted by atomic mass is 10.1. The van der Waals surface area contributed by atoms with Crippen molar-refractivity contribution in [3.05, 3.63) is 39.4 Å². The van der Waals surface area contributed by atoms with Crippen LogP contribution in [0.15, 0.2) is 18.2 Å². The fourth-order valence-electron chi connectivity index (χ4n) is 1.67. The first kappa shape index (κ1) is 16.6. The average molecular weight is 345 g/mol. The molecule has 110 valence electrons. The van der Waals surface area contributed by atoms with Crippen LogP contribution in [0.4, 0.5) is 5.69 Å². The number of amides is 1. The highest BCUT2D eigenvalue weighted by molar-refractivity contribution is 9.09. The Morgan fingerprint density at radius 2 is 2.25 bits per heavy atom. The van der Waals surface area contributed by atoms with E-state index in [2.05, 4.69) is 21.2 Å². The third-order valence-corrected chi connectivity index (χ3v) is 3.49. The molecule has 0 fully saturated rings. The largest absolute Gasteiger partial charge is 0.384 e. The number of hydrogen-bond acceptors (Lipinski definition) is 4. The van der Waals surface area contributed by atoms with Gasteiger partial charge >= 0.3 is 0 Å². The van der Waals surface area contributed by atoms with Crippen molar-refractivity contribution in [2.45, 2.75) is 18.2 Å². The number of nitro benzene ring substituents is 1. The molecule has 0 aliphatic rings. The Kier molecular flexibility index (Phi) is 6.60. The molecule has 1 unspecified atom stereocenters. The van der Waals surface area contributed by atoms with Gasteiger partial charge in [0.05, 0.1) is 11.5 Å². The number of non-ortho nitro benzene ring substituents is 1. The maximum Gasteiger partial charge on any atom is 0.270 e. The van der Waals surface area contributed by atoms with Gasteiger partial charge in [0.15, 0.2) is 0 Å². The number of carbonyl (C=O) groups is 1. The van der Waals surface area contributed by atoms with Gasteiger partial charge in [-0.1, -0.05) is 22.0 Å². The number of benzene rings is 1. The van der Waals surface area contributed by atoms with Crippen LogP contribution in [-0.2, 0) is 4.74 Å². The molecule has 0 radical (unpaired) electrons. The first-order valence-corrected chi connectivity index (χ1v) is 7.03. The minimum absolute atomic E-state index is 0.0847. The number of nitro groups is 1. The van der Waals surface area contributed by atoms with Crippen molar-refractivity contribution < 1.29 is 14.5 Å². The monoisotopic (exact) mass is 344 g/mol. The summed E-state index contributed by atoms with van der Waals surface area (Å²) in [5, 5.41) is 13.5. The summed E-state index contributed by atoms with van der Waals surface area (Å²) in [6.45, 7) is 2.78.